The summed E-state index contributed by atoms with van der Waals surface area (Å²) >= 11 is 6.07. The molecule has 0 atom stereocenters. The van der Waals surface area contributed by atoms with Gasteiger partial charge in [0, 0.05) is 34.6 Å². The fourth-order valence-corrected chi connectivity index (χ4v) is 4.56. The Balaban J connectivity index is 1.25. The highest BCUT2D eigenvalue weighted by molar-refractivity contribution is 6.31. The topological polar surface area (TPSA) is 64.8 Å². The first kappa shape index (κ1) is 19.3. The van der Waals surface area contributed by atoms with Crippen LogP contribution in [0.1, 0.15) is 30.1 Å². The normalized spacial score (nSPS) is 15.9. The second-order valence-electron chi connectivity index (χ2n) is 7.98. The molecule has 154 valence electrons. The van der Waals surface area contributed by atoms with Crippen LogP contribution in [0.2, 0.25) is 5.02 Å². The van der Waals surface area contributed by atoms with Gasteiger partial charge in [0.1, 0.15) is 11.6 Å². The van der Waals surface area contributed by atoms with E-state index in [2.05, 4.69) is 19.9 Å². The van der Waals surface area contributed by atoms with Crippen LogP contribution in [0, 0.1) is 5.82 Å². The molecule has 4 aromatic rings. The average Bonchev–Trinajstić information content (AvgIpc) is 3.14. The Labute approximate surface area is 177 Å². The van der Waals surface area contributed by atoms with Crippen molar-refractivity contribution in [1.29, 1.82) is 0 Å². The number of likely N-dealkylation sites (tertiary alicyclic amines) is 1. The van der Waals surface area contributed by atoms with Crippen molar-refractivity contribution in [2.75, 3.05) is 19.6 Å². The molecule has 0 bridgehead atoms. The molecule has 0 amide bonds. The van der Waals surface area contributed by atoms with Crippen molar-refractivity contribution >= 4 is 33.4 Å². The predicted molar refractivity (Wildman–Crippen MR) is 118 cm³/mol. The monoisotopic (exact) mass is 424 g/mol. The van der Waals surface area contributed by atoms with Crippen LogP contribution in [0.15, 0.2) is 47.4 Å². The summed E-state index contributed by atoms with van der Waals surface area (Å²) in [5.41, 5.74) is 2.65. The number of rotatable bonds is 4. The number of fused-ring (bicyclic) bond motifs is 2. The third-order valence-corrected chi connectivity index (χ3v) is 6.32. The van der Waals surface area contributed by atoms with Crippen LogP contribution in [-0.4, -0.2) is 39.5 Å². The second-order valence-corrected chi connectivity index (χ2v) is 8.42. The van der Waals surface area contributed by atoms with Gasteiger partial charge in [-0.2, -0.15) is 0 Å². The zero-order valence-electron chi connectivity index (χ0n) is 16.4. The van der Waals surface area contributed by atoms with Gasteiger partial charge in [0.25, 0.3) is 5.56 Å². The largest absolute Gasteiger partial charge is 0.361 e. The summed E-state index contributed by atoms with van der Waals surface area (Å²) < 4.78 is 13.6. The van der Waals surface area contributed by atoms with E-state index in [1.165, 1.54) is 6.07 Å². The maximum Gasteiger partial charge on any atom is 0.258 e. The summed E-state index contributed by atoms with van der Waals surface area (Å²) in [5, 5.41) is 2.11. The average molecular weight is 425 g/mol. The molecule has 2 aromatic carbocycles. The number of nitrogens with one attached hydrogen (secondary N) is 2. The molecule has 1 aliphatic rings. The Bertz CT molecular complexity index is 1270. The van der Waals surface area contributed by atoms with Gasteiger partial charge in [-0.15, -0.1) is 0 Å². The first-order valence-corrected chi connectivity index (χ1v) is 10.6. The summed E-state index contributed by atoms with van der Waals surface area (Å²) in [7, 11) is 0. The van der Waals surface area contributed by atoms with E-state index in [0.29, 0.717) is 15.9 Å². The van der Waals surface area contributed by atoms with Gasteiger partial charge in [0.2, 0.25) is 0 Å². The zero-order chi connectivity index (χ0) is 20.7. The van der Waals surface area contributed by atoms with Crippen LogP contribution in [-0.2, 0) is 6.42 Å². The molecule has 0 radical (unpaired) electrons. The fourth-order valence-electron chi connectivity index (χ4n) is 4.39. The van der Waals surface area contributed by atoms with Crippen LogP contribution in [0.25, 0.3) is 21.8 Å². The lowest BCUT2D eigenvalue weighted by molar-refractivity contribution is 0.211. The van der Waals surface area contributed by atoms with E-state index < -0.39 is 0 Å². The number of hydrogen-bond acceptors (Lipinski definition) is 3. The standard InChI is InChI=1S/C23H22ClFN4O/c24-16-1-3-18-21(11-16)27-22(28-23(18)30)14-5-8-29(9-6-14)10-7-15-13-26-20-4-2-17(25)12-19(15)20/h1-4,11-14,26H,5-10H2,(H,27,28,30). The molecule has 1 fully saturated rings. The van der Waals surface area contributed by atoms with Gasteiger partial charge in [-0.25, -0.2) is 9.37 Å². The van der Waals surface area contributed by atoms with Crippen LogP contribution in [0.4, 0.5) is 4.39 Å². The summed E-state index contributed by atoms with van der Waals surface area (Å²) in [6, 6.07) is 10.0. The summed E-state index contributed by atoms with van der Waals surface area (Å²) in [6.45, 7) is 2.81. The Morgan fingerprint density at radius 3 is 2.80 bits per heavy atom. The molecule has 1 saturated heterocycles. The minimum absolute atomic E-state index is 0.110. The van der Waals surface area contributed by atoms with Gasteiger partial charge < -0.3 is 14.9 Å². The van der Waals surface area contributed by atoms with Crippen LogP contribution < -0.4 is 5.56 Å². The molecule has 1 aliphatic heterocycles. The van der Waals surface area contributed by atoms with E-state index in [4.69, 9.17) is 11.6 Å². The van der Waals surface area contributed by atoms with Crippen LogP contribution >= 0.6 is 11.6 Å². The maximum absolute atomic E-state index is 13.6. The Hall–Kier alpha value is -2.70. The molecule has 5 nitrogen and oxygen atoms in total. The molecule has 0 spiro atoms. The molecular formula is C23H22ClFN4O. The van der Waals surface area contributed by atoms with Crippen molar-refractivity contribution in [2.45, 2.75) is 25.2 Å². The van der Waals surface area contributed by atoms with E-state index in [-0.39, 0.29) is 17.3 Å². The third-order valence-electron chi connectivity index (χ3n) is 6.09. The van der Waals surface area contributed by atoms with Gasteiger partial charge in [-0.1, -0.05) is 11.6 Å². The third kappa shape index (κ3) is 3.73. The lowest BCUT2D eigenvalue weighted by Gasteiger charge is -2.31. The van der Waals surface area contributed by atoms with Gasteiger partial charge in [-0.05, 0) is 74.3 Å². The van der Waals surface area contributed by atoms with Gasteiger partial charge in [0.15, 0.2) is 0 Å². The lowest BCUT2D eigenvalue weighted by atomic mass is 9.95. The predicted octanol–water partition coefficient (Wildman–Crippen LogP) is 4.62. The quantitative estimate of drug-likeness (QED) is 0.502. The molecule has 0 aliphatic carbocycles. The molecule has 2 aromatic heterocycles. The van der Waals surface area contributed by atoms with Gasteiger partial charge >= 0.3 is 0 Å². The highest BCUT2D eigenvalue weighted by atomic mass is 35.5. The fraction of sp³-hybridized carbons (Fsp3) is 0.304. The first-order chi connectivity index (χ1) is 14.6. The maximum atomic E-state index is 13.6. The van der Waals surface area contributed by atoms with Crippen molar-refractivity contribution in [3.63, 3.8) is 0 Å². The molecule has 0 saturated carbocycles. The summed E-state index contributed by atoms with van der Waals surface area (Å²) in [5.74, 6) is 0.781. The van der Waals surface area contributed by atoms with Crippen molar-refractivity contribution in [3.05, 3.63) is 75.2 Å². The highest BCUT2D eigenvalue weighted by Crippen LogP contribution is 2.27. The molecule has 5 rings (SSSR count). The molecule has 7 heteroatoms. The highest BCUT2D eigenvalue weighted by Gasteiger charge is 2.23. The first-order valence-electron chi connectivity index (χ1n) is 10.2. The number of H-pyrrole nitrogens is 2. The number of piperidine rings is 1. The van der Waals surface area contributed by atoms with Crippen molar-refractivity contribution in [2.24, 2.45) is 0 Å². The summed E-state index contributed by atoms with van der Waals surface area (Å²) in [4.78, 5) is 25.7. The van der Waals surface area contributed by atoms with E-state index in [0.717, 1.165) is 61.2 Å². The van der Waals surface area contributed by atoms with Crippen molar-refractivity contribution in [3.8, 4) is 0 Å². The van der Waals surface area contributed by atoms with Crippen molar-refractivity contribution in [1.82, 2.24) is 19.9 Å². The minimum Gasteiger partial charge on any atom is -0.361 e. The molecular weight excluding hydrogens is 403 g/mol. The Morgan fingerprint density at radius 1 is 1.13 bits per heavy atom. The van der Waals surface area contributed by atoms with Gasteiger partial charge in [-0.3, -0.25) is 4.79 Å². The SMILES string of the molecule is O=c1[nH]c(C2CCN(CCc3c[nH]c4ccc(F)cc34)CC2)nc2cc(Cl)ccc12. The number of aromatic amines is 2. The van der Waals surface area contributed by atoms with E-state index in [9.17, 15) is 9.18 Å². The number of aromatic nitrogens is 3. The number of nitrogens with zero attached hydrogens (tertiary/aromatic N) is 2. The lowest BCUT2D eigenvalue weighted by Crippen LogP contribution is -2.35. The minimum atomic E-state index is -0.206. The molecule has 3 heterocycles. The Kier molecular flexibility index (Phi) is 5.05. The van der Waals surface area contributed by atoms with E-state index in [1.807, 2.05) is 6.20 Å². The zero-order valence-corrected chi connectivity index (χ0v) is 17.2. The van der Waals surface area contributed by atoms with Crippen LogP contribution in [0.3, 0.4) is 0 Å². The smallest absolute Gasteiger partial charge is 0.258 e. The number of halogens is 2. The van der Waals surface area contributed by atoms with Crippen molar-refractivity contribution < 1.29 is 4.39 Å². The van der Waals surface area contributed by atoms with Crippen LogP contribution in [0.5, 0.6) is 0 Å². The Morgan fingerprint density at radius 2 is 1.97 bits per heavy atom. The number of benzene rings is 2. The van der Waals surface area contributed by atoms with Gasteiger partial charge in [0.05, 0.1) is 10.9 Å². The van der Waals surface area contributed by atoms with E-state index in [1.54, 1.807) is 30.3 Å². The number of hydrogen-bond donors (Lipinski definition) is 2. The van der Waals surface area contributed by atoms with E-state index >= 15 is 0 Å². The molecule has 0 unspecified atom stereocenters. The summed E-state index contributed by atoms with van der Waals surface area (Å²) in [6.07, 6.45) is 4.73. The molecule has 2 N–H and O–H groups in total. The molecule has 30 heavy (non-hydrogen) atoms. The second kappa shape index (κ2) is 7.85.